The van der Waals surface area contributed by atoms with E-state index in [0.29, 0.717) is 18.8 Å². The van der Waals surface area contributed by atoms with Crippen LogP contribution in [-0.4, -0.2) is 23.5 Å². The Balaban J connectivity index is 2.07. The lowest BCUT2D eigenvalue weighted by atomic mass is 10.1. The Bertz CT molecular complexity index is 551. The minimum Gasteiger partial charge on any atom is -0.383 e. The molecule has 1 unspecified atom stereocenters. The molecule has 1 atom stereocenters. The summed E-state index contributed by atoms with van der Waals surface area (Å²) in [7, 11) is 1.62. The van der Waals surface area contributed by atoms with Crippen molar-refractivity contribution in [3.05, 3.63) is 47.8 Å². The molecule has 0 saturated heterocycles. The van der Waals surface area contributed by atoms with Crippen molar-refractivity contribution in [2.24, 2.45) is 0 Å². The van der Waals surface area contributed by atoms with Crippen LogP contribution in [0.25, 0.3) is 0 Å². The molecule has 20 heavy (non-hydrogen) atoms. The van der Waals surface area contributed by atoms with E-state index in [4.69, 9.17) is 4.74 Å². The molecule has 4 nitrogen and oxygen atoms in total. The van der Waals surface area contributed by atoms with Crippen molar-refractivity contribution in [2.75, 3.05) is 19.0 Å². The van der Waals surface area contributed by atoms with Crippen LogP contribution in [0.1, 0.15) is 18.5 Å². The van der Waals surface area contributed by atoms with Gasteiger partial charge in [-0.1, -0.05) is 6.07 Å². The highest BCUT2D eigenvalue weighted by atomic mass is 19.1. The van der Waals surface area contributed by atoms with Gasteiger partial charge in [-0.3, -0.25) is 4.68 Å². The van der Waals surface area contributed by atoms with Crippen molar-refractivity contribution in [1.82, 2.24) is 9.78 Å². The van der Waals surface area contributed by atoms with Crippen LogP contribution in [0, 0.1) is 11.6 Å². The van der Waals surface area contributed by atoms with Gasteiger partial charge < -0.3 is 10.1 Å². The van der Waals surface area contributed by atoms with Crippen molar-refractivity contribution in [1.29, 1.82) is 0 Å². The molecule has 0 aliphatic rings. The Labute approximate surface area is 116 Å². The summed E-state index contributed by atoms with van der Waals surface area (Å²) in [4.78, 5) is 0. The standard InChI is InChI=1S/C14H17F2N3O/c1-10(14-12(15)4-3-5-13(14)16)18-11-8-17-19(9-11)6-7-20-2/h3-5,8-10,18H,6-7H2,1-2H3. The Hall–Kier alpha value is -1.95. The Morgan fingerprint density at radius 1 is 1.35 bits per heavy atom. The number of rotatable bonds is 6. The van der Waals surface area contributed by atoms with Crippen molar-refractivity contribution >= 4 is 5.69 Å². The average Bonchev–Trinajstić information content (AvgIpc) is 2.83. The van der Waals surface area contributed by atoms with E-state index in [1.807, 2.05) is 0 Å². The van der Waals surface area contributed by atoms with Gasteiger partial charge in [-0.05, 0) is 19.1 Å². The lowest BCUT2D eigenvalue weighted by Crippen LogP contribution is -2.10. The fourth-order valence-electron chi connectivity index (χ4n) is 1.99. The van der Waals surface area contributed by atoms with E-state index >= 15 is 0 Å². The highest BCUT2D eigenvalue weighted by Crippen LogP contribution is 2.23. The summed E-state index contributed by atoms with van der Waals surface area (Å²) >= 11 is 0. The van der Waals surface area contributed by atoms with E-state index in [1.54, 1.807) is 31.1 Å². The van der Waals surface area contributed by atoms with Gasteiger partial charge in [-0.2, -0.15) is 5.10 Å². The van der Waals surface area contributed by atoms with Gasteiger partial charge in [0.25, 0.3) is 0 Å². The second-order valence-corrected chi connectivity index (χ2v) is 4.49. The molecule has 0 amide bonds. The fraction of sp³-hybridized carbons (Fsp3) is 0.357. The number of halogens is 2. The summed E-state index contributed by atoms with van der Waals surface area (Å²) in [5.74, 6) is -1.12. The van der Waals surface area contributed by atoms with E-state index in [9.17, 15) is 8.78 Å². The predicted octanol–water partition coefficient (Wildman–Crippen LogP) is 2.98. The maximum absolute atomic E-state index is 13.7. The first-order chi connectivity index (χ1) is 9.61. The van der Waals surface area contributed by atoms with E-state index in [1.165, 1.54) is 18.2 Å². The van der Waals surface area contributed by atoms with Gasteiger partial charge in [-0.25, -0.2) is 8.78 Å². The average molecular weight is 281 g/mol. The van der Waals surface area contributed by atoms with Crippen LogP contribution in [0.2, 0.25) is 0 Å². The monoisotopic (exact) mass is 281 g/mol. The largest absolute Gasteiger partial charge is 0.383 e. The highest BCUT2D eigenvalue weighted by Gasteiger charge is 2.16. The molecule has 1 N–H and O–H groups in total. The topological polar surface area (TPSA) is 39.1 Å². The van der Waals surface area contributed by atoms with E-state index < -0.39 is 17.7 Å². The summed E-state index contributed by atoms with van der Waals surface area (Å²) in [6.45, 7) is 2.88. The second-order valence-electron chi connectivity index (χ2n) is 4.49. The zero-order valence-electron chi connectivity index (χ0n) is 11.4. The summed E-state index contributed by atoms with van der Waals surface area (Å²) in [5, 5.41) is 7.16. The van der Waals surface area contributed by atoms with Crippen LogP contribution >= 0.6 is 0 Å². The molecule has 2 rings (SSSR count). The predicted molar refractivity (Wildman–Crippen MR) is 72.5 cm³/mol. The number of nitrogens with zero attached hydrogens (tertiary/aromatic N) is 2. The summed E-state index contributed by atoms with van der Waals surface area (Å²) in [6.07, 6.45) is 3.39. The normalized spacial score (nSPS) is 12.4. The Morgan fingerprint density at radius 2 is 2.05 bits per heavy atom. The minimum atomic E-state index is -0.559. The minimum absolute atomic E-state index is 0.0251. The van der Waals surface area contributed by atoms with E-state index in [2.05, 4.69) is 10.4 Å². The maximum atomic E-state index is 13.7. The molecule has 0 aliphatic carbocycles. The first-order valence-electron chi connectivity index (χ1n) is 6.33. The number of hydrogen-bond acceptors (Lipinski definition) is 3. The first kappa shape index (κ1) is 14.5. The number of benzene rings is 1. The van der Waals surface area contributed by atoms with Gasteiger partial charge in [0.15, 0.2) is 0 Å². The van der Waals surface area contributed by atoms with Crippen molar-refractivity contribution in [3.8, 4) is 0 Å². The third-order valence-electron chi connectivity index (χ3n) is 2.97. The zero-order valence-corrected chi connectivity index (χ0v) is 11.4. The number of anilines is 1. The Kier molecular flexibility index (Phi) is 4.68. The summed E-state index contributed by atoms with van der Waals surface area (Å²) in [6, 6.07) is 3.36. The molecule has 0 saturated carbocycles. The van der Waals surface area contributed by atoms with Crippen LogP contribution in [0.15, 0.2) is 30.6 Å². The SMILES string of the molecule is COCCn1cc(NC(C)c2c(F)cccc2F)cn1. The van der Waals surface area contributed by atoms with Crippen LogP contribution in [0.3, 0.4) is 0 Å². The molecule has 0 spiro atoms. The van der Waals surface area contributed by atoms with Gasteiger partial charge in [-0.15, -0.1) is 0 Å². The summed E-state index contributed by atoms with van der Waals surface area (Å²) < 4.78 is 34.0. The first-order valence-corrected chi connectivity index (χ1v) is 6.33. The molecule has 0 radical (unpaired) electrons. The summed E-state index contributed by atoms with van der Waals surface area (Å²) in [5.41, 5.74) is 0.730. The molecule has 0 fully saturated rings. The number of aromatic nitrogens is 2. The van der Waals surface area contributed by atoms with Gasteiger partial charge in [0.2, 0.25) is 0 Å². The van der Waals surface area contributed by atoms with Crippen LogP contribution < -0.4 is 5.32 Å². The van der Waals surface area contributed by atoms with E-state index in [0.717, 1.165) is 0 Å². The molecule has 6 heteroatoms. The lowest BCUT2D eigenvalue weighted by molar-refractivity contribution is 0.183. The van der Waals surface area contributed by atoms with Gasteiger partial charge in [0, 0.05) is 18.9 Å². The number of hydrogen-bond donors (Lipinski definition) is 1. The molecule has 1 aromatic carbocycles. The smallest absolute Gasteiger partial charge is 0.131 e. The third kappa shape index (κ3) is 3.33. The fourth-order valence-corrected chi connectivity index (χ4v) is 1.99. The van der Waals surface area contributed by atoms with Crippen molar-refractivity contribution < 1.29 is 13.5 Å². The van der Waals surface area contributed by atoms with Crippen molar-refractivity contribution in [2.45, 2.75) is 19.5 Å². The molecule has 1 aromatic heterocycles. The molecule has 1 heterocycles. The van der Waals surface area contributed by atoms with Gasteiger partial charge >= 0.3 is 0 Å². The molecule has 0 aliphatic heterocycles. The third-order valence-corrected chi connectivity index (χ3v) is 2.97. The van der Waals surface area contributed by atoms with Gasteiger partial charge in [0.05, 0.1) is 31.1 Å². The van der Waals surface area contributed by atoms with Crippen LogP contribution in [-0.2, 0) is 11.3 Å². The molecule has 0 bridgehead atoms. The molecular weight excluding hydrogens is 264 g/mol. The number of ether oxygens (including phenoxy) is 1. The van der Waals surface area contributed by atoms with Gasteiger partial charge in [0.1, 0.15) is 11.6 Å². The Morgan fingerprint density at radius 3 is 2.70 bits per heavy atom. The molecule has 2 aromatic rings. The number of methoxy groups -OCH3 is 1. The number of nitrogens with one attached hydrogen (secondary N) is 1. The van der Waals surface area contributed by atoms with Crippen molar-refractivity contribution in [3.63, 3.8) is 0 Å². The quantitative estimate of drug-likeness (QED) is 0.884. The second kappa shape index (κ2) is 6.47. The molecular formula is C14H17F2N3O. The van der Waals surface area contributed by atoms with Crippen LogP contribution in [0.5, 0.6) is 0 Å². The van der Waals surface area contributed by atoms with Crippen LogP contribution in [0.4, 0.5) is 14.5 Å². The van der Waals surface area contributed by atoms with E-state index in [-0.39, 0.29) is 5.56 Å². The zero-order chi connectivity index (χ0) is 14.5. The lowest BCUT2D eigenvalue weighted by Gasteiger charge is -2.15. The highest BCUT2D eigenvalue weighted by molar-refractivity contribution is 5.42. The maximum Gasteiger partial charge on any atom is 0.131 e. The molecule has 108 valence electrons.